The number of nitrogens with one attached hydrogen (secondary N) is 1. The molecule has 0 rings (SSSR count). The van der Waals surface area contributed by atoms with Gasteiger partial charge in [0, 0.05) is 12.5 Å². The van der Waals surface area contributed by atoms with Crippen molar-refractivity contribution in [1.82, 2.24) is 5.32 Å². The van der Waals surface area contributed by atoms with Crippen LogP contribution in [0.5, 0.6) is 0 Å². The third kappa shape index (κ3) is 7.40. The molecule has 0 spiro atoms. The average molecular weight is 241 g/mol. The summed E-state index contributed by atoms with van der Waals surface area (Å²) in [5.41, 5.74) is 0.288. The number of amides is 1. The van der Waals surface area contributed by atoms with E-state index >= 15 is 0 Å². The second kappa shape index (κ2) is 8.54. The van der Waals surface area contributed by atoms with Crippen LogP contribution in [0.15, 0.2) is 0 Å². The van der Waals surface area contributed by atoms with E-state index in [1.807, 2.05) is 13.8 Å². The Morgan fingerprint density at radius 1 is 1.12 bits per heavy atom. The number of rotatable bonds is 9. The Morgan fingerprint density at radius 2 is 1.59 bits per heavy atom. The summed E-state index contributed by atoms with van der Waals surface area (Å²) in [6, 6.07) is 0. The summed E-state index contributed by atoms with van der Waals surface area (Å²) in [4.78, 5) is 11.6. The Bertz CT molecular complexity index is 203. The van der Waals surface area contributed by atoms with Gasteiger partial charge in [-0.05, 0) is 18.3 Å². The fraction of sp³-hybridized carbons (Fsp3) is 0.933. The summed E-state index contributed by atoms with van der Waals surface area (Å²) in [5.74, 6) is 0.279. The molecule has 1 N–H and O–H groups in total. The van der Waals surface area contributed by atoms with E-state index in [1.54, 1.807) is 0 Å². The van der Waals surface area contributed by atoms with E-state index in [9.17, 15) is 4.79 Å². The van der Waals surface area contributed by atoms with Gasteiger partial charge in [0.25, 0.3) is 0 Å². The zero-order chi connectivity index (χ0) is 13.3. The summed E-state index contributed by atoms with van der Waals surface area (Å²) in [6.07, 6.45) is 7.44. The fourth-order valence-corrected chi connectivity index (χ4v) is 2.01. The van der Waals surface area contributed by atoms with Gasteiger partial charge in [-0.25, -0.2) is 0 Å². The van der Waals surface area contributed by atoms with Gasteiger partial charge in [0.05, 0.1) is 0 Å². The first kappa shape index (κ1) is 16.5. The lowest BCUT2D eigenvalue weighted by molar-refractivity contribution is -0.124. The maximum Gasteiger partial charge on any atom is 0.222 e. The third-order valence-corrected chi connectivity index (χ3v) is 3.48. The molecule has 2 nitrogen and oxygen atoms in total. The van der Waals surface area contributed by atoms with Gasteiger partial charge in [0.1, 0.15) is 0 Å². The lowest BCUT2D eigenvalue weighted by Gasteiger charge is -2.30. The van der Waals surface area contributed by atoms with Crippen molar-refractivity contribution in [1.29, 1.82) is 0 Å². The average Bonchev–Trinajstić information content (AvgIpc) is 2.31. The molecule has 0 fully saturated rings. The van der Waals surface area contributed by atoms with Crippen LogP contribution in [0.1, 0.15) is 73.1 Å². The molecule has 17 heavy (non-hydrogen) atoms. The van der Waals surface area contributed by atoms with Crippen molar-refractivity contribution in [3.05, 3.63) is 0 Å². The molecule has 0 aromatic carbocycles. The number of carbonyl (C=O) groups is 1. The molecule has 102 valence electrons. The van der Waals surface area contributed by atoms with E-state index in [0.29, 0.717) is 0 Å². The van der Waals surface area contributed by atoms with Gasteiger partial charge in [0.2, 0.25) is 5.91 Å². The highest BCUT2D eigenvalue weighted by atomic mass is 16.1. The summed E-state index contributed by atoms with van der Waals surface area (Å²) >= 11 is 0. The molecule has 0 aliphatic carbocycles. The number of hydrogen-bond donors (Lipinski definition) is 1. The maximum absolute atomic E-state index is 11.6. The third-order valence-electron chi connectivity index (χ3n) is 3.48. The highest BCUT2D eigenvalue weighted by Gasteiger charge is 2.24. The lowest BCUT2D eigenvalue weighted by Crippen LogP contribution is -2.37. The Balaban J connectivity index is 4.21. The molecule has 0 unspecified atom stereocenters. The van der Waals surface area contributed by atoms with Crippen molar-refractivity contribution in [2.75, 3.05) is 6.54 Å². The van der Waals surface area contributed by atoms with Crippen molar-refractivity contribution in [2.45, 2.75) is 73.1 Å². The van der Waals surface area contributed by atoms with E-state index in [-0.39, 0.29) is 17.2 Å². The van der Waals surface area contributed by atoms with E-state index in [4.69, 9.17) is 0 Å². The van der Waals surface area contributed by atoms with Gasteiger partial charge in [-0.2, -0.15) is 0 Å². The van der Waals surface area contributed by atoms with Crippen LogP contribution in [0.4, 0.5) is 0 Å². The molecule has 0 aliphatic rings. The van der Waals surface area contributed by atoms with E-state index in [1.165, 1.54) is 38.5 Å². The zero-order valence-corrected chi connectivity index (χ0v) is 12.4. The van der Waals surface area contributed by atoms with Crippen LogP contribution in [0.3, 0.4) is 0 Å². The molecule has 0 radical (unpaired) electrons. The molecule has 2 heteroatoms. The van der Waals surface area contributed by atoms with Crippen molar-refractivity contribution < 1.29 is 4.79 Å². The lowest BCUT2D eigenvalue weighted by atomic mass is 9.80. The normalized spacial score (nSPS) is 11.9. The van der Waals surface area contributed by atoms with E-state index in [0.717, 1.165) is 6.54 Å². The predicted octanol–water partition coefficient (Wildman–Crippen LogP) is 4.15. The second-order valence-corrected chi connectivity index (χ2v) is 5.89. The summed E-state index contributed by atoms with van der Waals surface area (Å²) < 4.78 is 0. The van der Waals surface area contributed by atoms with Crippen LogP contribution in [0.25, 0.3) is 0 Å². The molecule has 0 aromatic heterocycles. The minimum atomic E-state index is 0.0941. The van der Waals surface area contributed by atoms with Crippen molar-refractivity contribution in [3.63, 3.8) is 0 Å². The zero-order valence-electron chi connectivity index (χ0n) is 12.4. The molecular weight excluding hydrogens is 210 g/mol. The molecular formula is C15H31NO. The van der Waals surface area contributed by atoms with Crippen LogP contribution in [-0.4, -0.2) is 12.5 Å². The standard InChI is InChI=1S/C15H31NO/c1-6-8-10-15(5,11-9-7-2)12-16-14(17)13(3)4/h13H,6-12H2,1-5H3,(H,16,17). The SMILES string of the molecule is CCCCC(C)(CCCC)CNC(=O)C(C)C. The number of unbranched alkanes of at least 4 members (excludes halogenated alkanes) is 2. The minimum absolute atomic E-state index is 0.0941. The van der Waals surface area contributed by atoms with Gasteiger partial charge < -0.3 is 5.32 Å². The van der Waals surface area contributed by atoms with Gasteiger partial charge in [-0.1, -0.05) is 60.3 Å². The molecule has 0 atom stereocenters. The Labute approximate surface area is 108 Å². The highest BCUT2D eigenvalue weighted by molar-refractivity contribution is 5.77. The van der Waals surface area contributed by atoms with E-state index in [2.05, 4.69) is 26.1 Å². The molecule has 0 aromatic rings. The predicted molar refractivity (Wildman–Crippen MR) is 75.0 cm³/mol. The van der Waals surface area contributed by atoms with Crippen LogP contribution in [-0.2, 0) is 4.79 Å². The molecule has 0 heterocycles. The minimum Gasteiger partial charge on any atom is -0.355 e. The molecule has 0 saturated carbocycles. The van der Waals surface area contributed by atoms with Crippen LogP contribution in [0.2, 0.25) is 0 Å². The highest BCUT2D eigenvalue weighted by Crippen LogP contribution is 2.29. The maximum atomic E-state index is 11.6. The summed E-state index contributed by atoms with van der Waals surface area (Å²) in [5, 5.41) is 3.10. The van der Waals surface area contributed by atoms with Crippen LogP contribution >= 0.6 is 0 Å². The van der Waals surface area contributed by atoms with E-state index < -0.39 is 0 Å². The Hall–Kier alpha value is -0.530. The molecule has 0 saturated heterocycles. The van der Waals surface area contributed by atoms with Gasteiger partial charge >= 0.3 is 0 Å². The molecule has 0 aliphatic heterocycles. The molecule has 1 amide bonds. The number of hydrogen-bond acceptors (Lipinski definition) is 1. The van der Waals surface area contributed by atoms with Crippen molar-refractivity contribution >= 4 is 5.91 Å². The molecule has 0 bridgehead atoms. The van der Waals surface area contributed by atoms with Crippen LogP contribution < -0.4 is 5.32 Å². The largest absolute Gasteiger partial charge is 0.355 e. The monoisotopic (exact) mass is 241 g/mol. The van der Waals surface area contributed by atoms with Gasteiger partial charge in [-0.3, -0.25) is 4.79 Å². The first-order chi connectivity index (χ1) is 7.95. The summed E-state index contributed by atoms with van der Waals surface area (Å²) in [7, 11) is 0. The summed E-state index contributed by atoms with van der Waals surface area (Å²) in [6.45, 7) is 11.5. The van der Waals surface area contributed by atoms with Gasteiger partial charge in [-0.15, -0.1) is 0 Å². The second-order valence-electron chi connectivity index (χ2n) is 5.89. The van der Waals surface area contributed by atoms with Gasteiger partial charge in [0.15, 0.2) is 0 Å². The van der Waals surface area contributed by atoms with Crippen molar-refractivity contribution in [2.24, 2.45) is 11.3 Å². The first-order valence-corrected chi connectivity index (χ1v) is 7.23. The quantitative estimate of drug-likeness (QED) is 0.645. The smallest absolute Gasteiger partial charge is 0.222 e. The van der Waals surface area contributed by atoms with Crippen LogP contribution in [0, 0.1) is 11.3 Å². The number of carbonyl (C=O) groups excluding carboxylic acids is 1. The Morgan fingerprint density at radius 3 is 1.94 bits per heavy atom. The first-order valence-electron chi connectivity index (χ1n) is 7.23. The topological polar surface area (TPSA) is 29.1 Å². The fourth-order valence-electron chi connectivity index (χ4n) is 2.01. The Kier molecular flexibility index (Phi) is 8.28. The van der Waals surface area contributed by atoms with Crippen molar-refractivity contribution in [3.8, 4) is 0 Å².